The number of piperidine rings is 1. The number of ether oxygens (including phenoxy) is 3. The fraction of sp³-hybridized carbons (Fsp3) is 0.469. The molecular weight excluding hydrogens is 641 g/mol. The quantitative estimate of drug-likeness (QED) is 0.262. The molecule has 0 bridgehead atoms. The molecule has 0 radical (unpaired) electrons. The van der Waals surface area contributed by atoms with Crippen LogP contribution in [-0.2, 0) is 0 Å². The van der Waals surface area contributed by atoms with Crippen molar-refractivity contribution in [2.24, 2.45) is 5.92 Å². The van der Waals surface area contributed by atoms with E-state index in [0.717, 1.165) is 77.4 Å². The summed E-state index contributed by atoms with van der Waals surface area (Å²) in [7, 11) is 1.21. The van der Waals surface area contributed by atoms with E-state index in [1.807, 2.05) is 12.1 Å². The standard InChI is InChI=1S/C32H39BrN7O3P/c1-20-15-25(28(41-2)16-26(20)39-11-8-22(9-12-39)40-18-21(19-40)7-10-34)37-32-35-17-23(33)31(38-32)36-24-5-6-27-29(30(24)44(3)4)43-14-13-42-27/h5-6,15-17,21-22H,7-9,11-14,18-19H2,1-4H3,(H2,35,36,37,38). The van der Waals surface area contributed by atoms with Crippen LogP contribution in [-0.4, -0.2) is 80.7 Å². The van der Waals surface area contributed by atoms with Crippen LogP contribution in [0.2, 0.25) is 0 Å². The van der Waals surface area contributed by atoms with Crippen molar-refractivity contribution in [2.75, 3.05) is 75.4 Å². The van der Waals surface area contributed by atoms with Crippen LogP contribution in [0.4, 0.5) is 28.8 Å². The minimum absolute atomic E-state index is 0.459. The number of aromatic nitrogens is 2. The minimum Gasteiger partial charge on any atom is -0.494 e. The van der Waals surface area contributed by atoms with Gasteiger partial charge in [0.25, 0.3) is 0 Å². The van der Waals surface area contributed by atoms with Gasteiger partial charge >= 0.3 is 0 Å². The number of hydrogen-bond acceptors (Lipinski definition) is 10. The predicted molar refractivity (Wildman–Crippen MR) is 180 cm³/mol. The zero-order valence-corrected chi connectivity index (χ0v) is 28.2. The minimum atomic E-state index is -0.486. The average molecular weight is 681 g/mol. The van der Waals surface area contributed by atoms with Gasteiger partial charge in [0.2, 0.25) is 5.95 Å². The van der Waals surface area contributed by atoms with Gasteiger partial charge in [0.05, 0.1) is 29.0 Å². The smallest absolute Gasteiger partial charge is 0.229 e. The zero-order valence-electron chi connectivity index (χ0n) is 25.7. The number of halogens is 1. The van der Waals surface area contributed by atoms with E-state index in [1.54, 1.807) is 13.3 Å². The van der Waals surface area contributed by atoms with Crippen LogP contribution >= 0.6 is 23.9 Å². The summed E-state index contributed by atoms with van der Waals surface area (Å²) in [4.78, 5) is 14.4. The largest absolute Gasteiger partial charge is 0.494 e. The summed E-state index contributed by atoms with van der Waals surface area (Å²) in [6, 6.07) is 11.1. The maximum Gasteiger partial charge on any atom is 0.229 e. The molecule has 10 nitrogen and oxygen atoms in total. The maximum absolute atomic E-state index is 8.96. The van der Waals surface area contributed by atoms with Gasteiger partial charge in [-0.3, -0.25) is 4.90 Å². The normalized spacial score (nSPS) is 17.2. The molecule has 2 fully saturated rings. The van der Waals surface area contributed by atoms with Gasteiger partial charge in [-0.25, -0.2) is 4.98 Å². The summed E-state index contributed by atoms with van der Waals surface area (Å²) in [5, 5.41) is 17.0. The molecule has 1 aromatic heterocycles. The number of nitriles is 1. The zero-order chi connectivity index (χ0) is 30.8. The average Bonchev–Trinajstić information content (AvgIpc) is 3.00. The number of hydrogen-bond donors (Lipinski definition) is 2. The summed E-state index contributed by atoms with van der Waals surface area (Å²) in [6.07, 6.45) is 4.69. The van der Waals surface area contributed by atoms with Crippen molar-refractivity contribution in [3.63, 3.8) is 0 Å². The molecule has 2 N–H and O–H groups in total. The van der Waals surface area contributed by atoms with Crippen LogP contribution in [0.25, 0.3) is 0 Å². The van der Waals surface area contributed by atoms with E-state index in [0.29, 0.717) is 43.4 Å². The summed E-state index contributed by atoms with van der Waals surface area (Å²) in [5.41, 5.74) is 4.11. The molecular formula is C32H39BrN7O3P. The van der Waals surface area contributed by atoms with Gasteiger partial charge < -0.3 is 29.7 Å². The molecule has 232 valence electrons. The van der Waals surface area contributed by atoms with E-state index in [-0.39, 0.29) is 0 Å². The van der Waals surface area contributed by atoms with Crippen LogP contribution in [0.15, 0.2) is 34.9 Å². The molecule has 3 aromatic rings. The number of nitrogens with zero attached hydrogens (tertiary/aromatic N) is 5. The van der Waals surface area contributed by atoms with Crippen molar-refractivity contribution in [1.82, 2.24) is 14.9 Å². The first-order valence-corrected chi connectivity index (χ1v) is 18.1. The number of fused-ring (bicyclic) bond motifs is 1. The second-order valence-corrected chi connectivity index (χ2v) is 14.9. The van der Waals surface area contributed by atoms with Gasteiger partial charge in [0.1, 0.15) is 24.8 Å². The summed E-state index contributed by atoms with van der Waals surface area (Å²) in [6.45, 7) is 11.8. The van der Waals surface area contributed by atoms with Crippen molar-refractivity contribution >= 4 is 58.0 Å². The van der Waals surface area contributed by atoms with Gasteiger partial charge in [-0.2, -0.15) is 10.2 Å². The Morgan fingerprint density at radius 3 is 2.61 bits per heavy atom. The summed E-state index contributed by atoms with van der Waals surface area (Å²) >= 11 is 3.62. The predicted octanol–water partition coefficient (Wildman–Crippen LogP) is 6.00. The Bertz CT molecular complexity index is 1550. The first kappa shape index (κ1) is 30.7. The molecule has 0 unspecified atom stereocenters. The Morgan fingerprint density at radius 2 is 1.89 bits per heavy atom. The van der Waals surface area contributed by atoms with Gasteiger partial charge in [0, 0.05) is 61.9 Å². The highest BCUT2D eigenvalue weighted by Crippen LogP contribution is 2.42. The molecule has 44 heavy (non-hydrogen) atoms. The Kier molecular flexibility index (Phi) is 9.31. The lowest BCUT2D eigenvalue weighted by Crippen LogP contribution is -2.55. The Labute approximate surface area is 269 Å². The van der Waals surface area contributed by atoms with Gasteiger partial charge in [-0.15, -0.1) is 0 Å². The van der Waals surface area contributed by atoms with E-state index < -0.39 is 7.92 Å². The topological polar surface area (TPSA) is 108 Å². The van der Waals surface area contributed by atoms with Crippen LogP contribution in [0, 0.1) is 24.2 Å². The Hall–Kier alpha value is -3.32. The van der Waals surface area contributed by atoms with Crippen molar-refractivity contribution < 1.29 is 14.2 Å². The van der Waals surface area contributed by atoms with E-state index >= 15 is 0 Å². The maximum atomic E-state index is 8.96. The number of methoxy groups -OCH3 is 1. The monoisotopic (exact) mass is 679 g/mol. The molecule has 0 saturated carbocycles. The molecule has 3 aliphatic heterocycles. The fourth-order valence-electron chi connectivity index (χ4n) is 6.33. The number of aryl methyl sites for hydroxylation is 1. The molecule has 12 heteroatoms. The van der Waals surface area contributed by atoms with Gasteiger partial charge in [0.15, 0.2) is 11.5 Å². The molecule has 6 rings (SSSR count). The number of anilines is 5. The second-order valence-electron chi connectivity index (χ2n) is 11.8. The highest BCUT2D eigenvalue weighted by atomic mass is 79.9. The Morgan fingerprint density at radius 1 is 1.11 bits per heavy atom. The first-order valence-electron chi connectivity index (χ1n) is 15.1. The first-order chi connectivity index (χ1) is 21.3. The highest BCUT2D eigenvalue weighted by molar-refractivity contribution is 9.10. The molecule has 2 aromatic carbocycles. The molecule has 3 aliphatic rings. The van der Waals surface area contributed by atoms with Crippen LogP contribution in [0.3, 0.4) is 0 Å². The Balaban J connectivity index is 1.17. The number of nitrogens with one attached hydrogen (secondary N) is 2. The molecule has 0 spiro atoms. The van der Waals surface area contributed by atoms with Crippen molar-refractivity contribution in [3.05, 3.63) is 40.5 Å². The van der Waals surface area contributed by atoms with Crippen LogP contribution in [0.5, 0.6) is 17.2 Å². The number of benzene rings is 2. The lowest BCUT2D eigenvalue weighted by atomic mass is 9.91. The molecule has 2 saturated heterocycles. The van der Waals surface area contributed by atoms with E-state index in [9.17, 15) is 0 Å². The molecule has 0 aliphatic carbocycles. The summed E-state index contributed by atoms with van der Waals surface area (Å²) < 4.78 is 18.4. The highest BCUT2D eigenvalue weighted by Gasteiger charge is 2.34. The van der Waals surface area contributed by atoms with E-state index in [2.05, 4.69) is 79.8 Å². The summed E-state index contributed by atoms with van der Waals surface area (Å²) in [5.74, 6) is 4.00. The third-order valence-electron chi connectivity index (χ3n) is 8.58. The lowest BCUT2D eigenvalue weighted by molar-refractivity contribution is 0.0435. The molecule has 0 atom stereocenters. The van der Waals surface area contributed by atoms with Crippen molar-refractivity contribution in [3.8, 4) is 23.3 Å². The second kappa shape index (κ2) is 13.4. The number of rotatable bonds is 9. The SMILES string of the molecule is COc1cc(N2CCC(N3CC(CC#N)C3)CC2)c(C)cc1Nc1ncc(Br)c(Nc2ccc3c(c2P(C)C)OCCO3)n1. The van der Waals surface area contributed by atoms with E-state index in [1.165, 1.54) is 11.3 Å². The van der Waals surface area contributed by atoms with Crippen LogP contribution in [0.1, 0.15) is 24.8 Å². The fourth-order valence-corrected chi connectivity index (χ4v) is 7.82. The van der Waals surface area contributed by atoms with Crippen LogP contribution < -0.4 is 35.0 Å². The van der Waals surface area contributed by atoms with E-state index in [4.69, 9.17) is 24.5 Å². The van der Waals surface area contributed by atoms with Gasteiger partial charge in [-0.1, -0.05) is 7.92 Å². The molecule has 0 amide bonds. The van der Waals surface area contributed by atoms with Crippen molar-refractivity contribution in [1.29, 1.82) is 5.26 Å². The number of likely N-dealkylation sites (tertiary alicyclic amines) is 1. The lowest BCUT2D eigenvalue weighted by Gasteiger charge is -2.47. The van der Waals surface area contributed by atoms with Gasteiger partial charge in [-0.05, 0) is 78.7 Å². The third kappa shape index (κ3) is 6.39. The molecule has 4 heterocycles. The van der Waals surface area contributed by atoms with Crippen molar-refractivity contribution in [2.45, 2.75) is 32.2 Å². The third-order valence-corrected chi connectivity index (χ3v) is 10.5.